The minimum Gasteiger partial charge on any atom is -0.488 e. The number of hydrogen-bond donors (Lipinski definition) is 2. The quantitative estimate of drug-likeness (QED) is 0.111. The molecular weight excluding hydrogens is 665 g/mol. The molecule has 2 amide bonds. The fourth-order valence-corrected chi connectivity index (χ4v) is 7.93. The van der Waals surface area contributed by atoms with Crippen LogP contribution in [0, 0.1) is 6.92 Å². The summed E-state index contributed by atoms with van der Waals surface area (Å²) in [5.74, 6) is 2.66. The lowest BCUT2D eigenvalue weighted by molar-refractivity contribution is -0.138. The summed E-state index contributed by atoms with van der Waals surface area (Å²) >= 11 is 0. The summed E-state index contributed by atoms with van der Waals surface area (Å²) in [6, 6.07) is 14.6. The molecule has 0 saturated carbocycles. The molecule has 0 fully saturated rings. The molecule has 0 radical (unpaired) electrons. The van der Waals surface area contributed by atoms with Gasteiger partial charge in [0.25, 0.3) is 0 Å². The van der Waals surface area contributed by atoms with Crippen LogP contribution in [-0.2, 0) is 20.9 Å². The van der Waals surface area contributed by atoms with Gasteiger partial charge in [-0.3, -0.25) is 9.59 Å². The van der Waals surface area contributed by atoms with E-state index in [9.17, 15) is 9.59 Å². The third kappa shape index (κ3) is 7.30. The third-order valence-electron chi connectivity index (χ3n) is 11.0. The van der Waals surface area contributed by atoms with Gasteiger partial charge in [-0.25, -0.2) is 9.97 Å². The van der Waals surface area contributed by atoms with Crippen LogP contribution in [0.3, 0.4) is 0 Å². The zero-order chi connectivity index (χ0) is 38.0. The maximum absolute atomic E-state index is 13.4. The molecule has 0 bridgehead atoms. The first-order valence-electron chi connectivity index (χ1n) is 19.4. The molecule has 3 heterocycles. The molecule has 10 nitrogen and oxygen atoms in total. The highest BCUT2D eigenvalue weighted by Crippen LogP contribution is 2.43. The Morgan fingerprint density at radius 1 is 0.849 bits per heavy atom. The van der Waals surface area contributed by atoms with Gasteiger partial charge in [0.05, 0.1) is 41.5 Å². The number of hydrogen-bond acceptors (Lipinski definition) is 6. The highest BCUT2D eigenvalue weighted by molar-refractivity contribution is 6.07. The number of carbonyl (C=O) groups excluding carboxylic acids is 2. The average molecular weight is 721 g/mol. The Balaban J connectivity index is 1.31. The van der Waals surface area contributed by atoms with E-state index in [1.165, 1.54) is 0 Å². The van der Waals surface area contributed by atoms with Crippen molar-refractivity contribution in [2.24, 2.45) is 0 Å². The number of amides is 2. The van der Waals surface area contributed by atoms with E-state index in [2.05, 4.69) is 80.1 Å². The first-order chi connectivity index (χ1) is 25.5. The molecule has 282 valence electrons. The van der Waals surface area contributed by atoms with Crippen molar-refractivity contribution >= 4 is 33.6 Å². The second-order valence-electron chi connectivity index (χ2n) is 14.6. The Morgan fingerprint density at radius 2 is 1.55 bits per heavy atom. The van der Waals surface area contributed by atoms with Gasteiger partial charge < -0.3 is 29.2 Å². The second kappa shape index (κ2) is 16.1. The van der Waals surface area contributed by atoms with E-state index in [-0.39, 0.29) is 36.0 Å². The molecule has 6 rings (SSSR count). The Bertz CT molecular complexity index is 2100. The van der Waals surface area contributed by atoms with Gasteiger partial charge in [0.15, 0.2) is 0 Å². The first-order valence-corrected chi connectivity index (χ1v) is 19.4. The van der Waals surface area contributed by atoms with Gasteiger partial charge >= 0.3 is 0 Å². The topological polar surface area (TPSA) is 116 Å². The molecule has 1 aliphatic rings. The predicted molar refractivity (Wildman–Crippen MR) is 212 cm³/mol. The lowest BCUT2D eigenvalue weighted by Gasteiger charge is -2.35. The van der Waals surface area contributed by atoms with Gasteiger partial charge in [-0.2, -0.15) is 0 Å². The van der Waals surface area contributed by atoms with E-state index in [1.54, 1.807) is 7.11 Å². The third-order valence-corrected chi connectivity index (χ3v) is 11.0. The van der Waals surface area contributed by atoms with Crippen molar-refractivity contribution in [3.8, 4) is 28.1 Å². The summed E-state index contributed by atoms with van der Waals surface area (Å²) in [5.41, 5.74) is 7.94. The van der Waals surface area contributed by atoms with Crippen LogP contribution in [0.2, 0.25) is 0 Å². The zero-order valence-corrected chi connectivity index (χ0v) is 32.9. The van der Waals surface area contributed by atoms with Crippen molar-refractivity contribution in [3.05, 3.63) is 65.4 Å². The fraction of sp³-hybridized carbons (Fsp3) is 0.488. The molecule has 0 unspecified atom stereocenters. The SMILES string of the molecule is CCCC(=O)N([C@H](CC)COC)[C@@H](C)c1nc2c(ccc3cc4c(cc32)OCc2cc(-c3nc([C@H](C)N(C(=O)CCC)[C@@H](C)CC)[nH]c3C)ccc2-4)[nH]1. The van der Waals surface area contributed by atoms with E-state index in [0.29, 0.717) is 26.1 Å². The zero-order valence-electron chi connectivity index (χ0n) is 32.9. The molecular formula is C43H56N6O4. The Kier molecular flexibility index (Phi) is 11.6. The Hall–Kier alpha value is -4.70. The molecule has 0 saturated heterocycles. The standard InChI is InChI=1S/C43H56N6O4/c1-10-14-38(50)48(25(5)12-3)27(7)42-44-26(6)40(46-42)30-16-18-33-31(20-30)23-53-37-22-34-29(21-35(33)37)17-19-36-41(34)47-43(45-36)28(8)49(39(51)15-11-2)32(13-4)24-52-9/h16-22,25,27-28,32H,10-15,23-24H2,1-9H3,(H,44,46)(H,45,47)/t25-,27-,28-,32+/m0/s1. The van der Waals surface area contributed by atoms with E-state index >= 15 is 0 Å². The maximum atomic E-state index is 13.4. The van der Waals surface area contributed by atoms with Crippen LogP contribution >= 0.6 is 0 Å². The van der Waals surface area contributed by atoms with Crippen LogP contribution in [0.5, 0.6) is 5.75 Å². The number of imidazole rings is 2. The van der Waals surface area contributed by atoms with Crippen molar-refractivity contribution in [3.63, 3.8) is 0 Å². The highest BCUT2D eigenvalue weighted by Gasteiger charge is 2.31. The van der Waals surface area contributed by atoms with Crippen LogP contribution in [0.15, 0.2) is 42.5 Å². The number of rotatable bonds is 15. The molecule has 2 N–H and O–H groups in total. The number of carbonyl (C=O) groups is 2. The maximum Gasteiger partial charge on any atom is 0.223 e. The predicted octanol–water partition coefficient (Wildman–Crippen LogP) is 9.58. The number of fused-ring (bicyclic) bond motifs is 6. The van der Waals surface area contributed by atoms with E-state index in [0.717, 1.165) is 98.5 Å². The van der Waals surface area contributed by atoms with E-state index in [4.69, 9.17) is 19.4 Å². The molecule has 53 heavy (non-hydrogen) atoms. The number of nitrogens with one attached hydrogen (secondary N) is 2. The van der Waals surface area contributed by atoms with Crippen molar-refractivity contribution in [2.45, 2.75) is 125 Å². The second-order valence-corrected chi connectivity index (χ2v) is 14.6. The van der Waals surface area contributed by atoms with Gasteiger partial charge in [0.2, 0.25) is 11.8 Å². The highest BCUT2D eigenvalue weighted by atomic mass is 16.5. The number of methoxy groups -OCH3 is 1. The molecule has 5 aromatic rings. The number of aryl methyl sites for hydroxylation is 1. The monoisotopic (exact) mass is 720 g/mol. The molecule has 4 atom stereocenters. The number of aromatic amines is 2. The van der Waals surface area contributed by atoms with Crippen LogP contribution in [0.1, 0.15) is 122 Å². The molecule has 1 aliphatic heterocycles. The van der Waals surface area contributed by atoms with Gasteiger partial charge in [0, 0.05) is 48.2 Å². The van der Waals surface area contributed by atoms with Crippen molar-refractivity contribution < 1.29 is 19.1 Å². The summed E-state index contributed by atoms with van der Waals surface area (Å²) in [4.78, 5) is 47.6. The lowest BCUT2D eigenvalue weighted by Crippen LogP contribution is -2.44. The van der Waals surface area contributed by atoms with Gasteiger partial charge in [-0.05, 0) is 94.2 Å². The molecule has 3 aromatic carbocycles. The number of benzene rings is 3. The Morgan fingerprint density at radius 3 is 2.23 bits per heavy atom. The summed E-state index contributed by atoms with van der Waals surface area (Å²) in [5, 5.41) is 2.07. The van der Waals surface area contributed by atoms with Crippen LogP contribution in [-0.4, -0.2) is 67.4 Å². The fourth-order valence-electron chi connectivity index (χ4n) is 7.93. The van der Waals surface area contributed by atoms with Crippen molar-refractivity contribution in [1.82, 2.24) is 29.7 Å². The normalized spacial score (nSPS) is 14.7. The van der Waals surface area contributed by atoms with Gasteiger partial charge in [0.1, 0.15) is 24.0 Å². The average Bonchev–Trinajstić information content (AvgIpc) is 3.78. The number of H-pyrrole nitrogens is 2. The number of aromatic nitrogens is 4. The summed E-state index contributed by atoms with van der Waals surface area (Å²) in [6.45, 7) is 17.5. The van der Waals surface area contributed by atoms with E-state index in [1.807, 2.05) is 37.5 Å². The van der Waals surface area contributed by atoms with E-state index < -0.39 is 0 Å². The Labute approximate surface area is 313 Å². The first kappa shape index (κ1) is 38.0. The van der Waals surface area contributed by atoms with Crippen molar-refractivity contribution in [1.29, 1.82) is 0 Å². The van der Waals surface area contributed by atoms with Gasteiger partial charge in [-0.1, -0.05) is 45.9 Å². The number of nitrogens with zero attached hydrogens (tertiary/aromatic N) is 4. The van der Waals surface area contributed by atoms with Crippen LogP contribution in [0.4, 0.5) is 0 Å². The minimum atomic E-state index is -0.244. The molecule has 10 heteroatoms. The molecule has 0 aliphatic carbocycles. The molecule has 0 spiro atoms. The van der Waals surface area contributed by atoms with Crippen LogP contribution < -0.4 is 4.74 Å². The molecule has 2 aromatic heterocycles. The van der Waals surface area contributed by atoms with Crippen LogP contribution in [0.25, 0.3) is 44.2 Å². The lowest BCUT2D eigenvalue weighted by atomic mass is 9.92. The summed E-state index contributed by atoms with van der Waals surface area (Å²) in [6.07, 6.45) is 4.30. The smallest absolute Gasteiger partial charge is 0.223 e. The minimum absolute atomic E-state index is 0.0382. The number of ether oxygens (including phenoxy) is 2. The summed E-state index contributed by atoms with van der Waals surface area (Å²) in [7, 11) is 1.68. The van der Waals surface area contributed by atoms with Gasteiger partial charge in [-0.15, -0.1) is 0 Å². The summed E-state index contributed by atoms with van der Waals surface area (Å²) < 4.78 is 11.9. The largest absolute Gasteiger partial charge is 0.488 e. The van der Waals surface area contributed by atoms with Crippen molar-refractivity contribution in [2.75, 3.05) is 13.7 Å².